The Labute approximate surface area is 95.4 Å². The van der Waals surface area contributed by atoms with Gasteiger partial charge in [-0.3, -0.25) is 4.90 Å². The van der Waals surface area contributed by atoms with Crippen LogP contribution in [0.15, 0.2) is 0 Å². The lowest BCUT2D eigenvalue weighted by molar-refractivity contribution is 0.157. The highest BCUT2D eigenvalue weighted by Crippen LogP contribution is 2.26. The summed E-state index contributed by atoms with van der Waals surface area (Å²) in [5.41, 5.74) is 0.426. The summed E-state index contributed by atoms with van der Waals surface area (Å²) in [6.07, 6.45) is 5.35. The first-order chi connectivity index (χ1) is 7.13. The van der Waals surface area contributed by atoms with Crippen LogP contribution >= 0.6 is 0 Å². The average molecular weight is 212 g/mol. The van der Waals surface area contributed by atoms with Crippen LogP contribution in [0, 0.1) is 0 Å². The lowest BCUT2D eigenvalue weighted by atomic mass is 9.91. The Morgan fingerprint density at radius 2 is 2.07 bits per heavy atom. The number of rotatable bonds is 6. The summed E-state index contributed by atoms with van der Waals surface area (Å²) in [6, 6.07) is 0.672. The Morgan fingerprint density at radius 3 is 2.47 bits per heavy atom. The highest BCUT2D eigenvalue weighted by molar-refractivity contribution is 4.95. The summed E-state index contributed by atoms with van der Waals surface area (Å²) < 4.78 is 0. The van der Waals surface area contributed by atoms with Crippen LogP contribution in [0.5, 0.6) is 0 Å². The lowest BCUT2D eigenvalue weighted by Gasteiger charge is -2.37. The molecule has 0 bridgehead atoms. The molecule has 1 rings (SSSR count). The third-order valence-corrected chi connectivity index (χ3v) is 3.70. The van der Waals surface area contributed by atoms with Crippen molar-refractivity contribution in [2.45, 2.75) is 65.0 Å². The molecular formula is C13H28N2. The minimum absolute atomic E-state index is 0.426. The van der Waals surface area contributed by atoms with Gasteiger partial charge in [-0.1, -0.05) is 20.3 Å². The molecule has 1 fully saturated rings. The molecule has 0 amide bonds. The number of hydrogen-bond donors (Lipinski definition) is 1. The zero-order valence-electron chi connectivity index (χ0n) is 11.0. The molecule has 0 aromatic rings. The van der Waals surface area contributed by atoms with Gasteiger partial charge in [0.05, 0.1) is 0 Å². The fourth-order valence-electron chi connectivity index (χ4n) is 2.82. The van der Waals surface area contributed by atoms with E-state index in [0.717, 1.165) is 0 Å². The first kappa shape index (κ1) is 13.0. The minimum Gasteiger partial charge on any atom is -0.310 e. The molecular weight excluding hydrogens is 184 g/mol. The van der Waals surface area contributed by atoms with Gasteiger partial charge in [0.2, 0.25) is 0 Å². The summed E-state index contributed by atoms with van der Waals surface area (Å²) in [4.78, 5) is 2.59. The van der Waals surface area contributed by atoms with E-state index in [1.165, 1.54) is 45.3 Å². The zero-order valence-corrected chi connectivity index (χ0v) is 11.0. The standard InChI is InChI=1S/C13H28N2/c1-5-8-13(9-7-10-14-13)11-15(6-2)12(3)4/h12,14H,5-11H2,1-4H3. The number of likely N-dealkylation sites (N-methyl/N-ethyl adjacent to an activating group) is 1. The van der Waals surface area contributed by atoms with Gasteiger partial charge in [0.25, 0.3) is 0 Å². The highest BCUT2D eigenvalue weighted by Gasteiger charge is 2.34. The molecule has 1 N–H and O–H groups in total. The van der Waals surface area contributed by atoms with Crippen molar-refractivity contribution in [1.82, 2.24) is 10.2 Å². The quantitative estimate of drug-likeness (QED) is 0.728. The maximum atomic E-state index is 3.75. The zero-order chi connectivity index (χ0) is 11.3. The second-order valence-corrected chi connectivity index (χ2v) is 5.22. The van der Waals surface area contributed by atoms with Crippen LogP contribution in [-0.2, 0) is 0 Å². The van der Waals surface area contributed by atoms with E-state index in [9.17, 15) is 0 Å². The van der Waals surface area contributed by atoms with E-state index in [1.54, 1.807) is 0 Å². The van der Waals surface area contributed by atoms with Crippen molar-refractivity contribution in [3.8, 4) is 0 Å². The van der Waals surface area contributed by atoms with Crippen molar-refractivity contribution < 1.29 is 0 Å². The molecule has 0 saturated carbocycles. The first-order valence-corrected chi connectivity index (χ1v) is 6.62. The Bertz CT molecular complexity index is 171. The first-order valence-electron chi connectivity index (χ1n) is 6.62. The molecule has 0 aliphatic carbocycles. The third kappa shape index (κ3) is 3.46. The summed E-state index contributed by atoms with van der Waals surface area (Å²) in [6.45, 7) is 12.8. The van der Waals surface area contributed by atoms with Crippen LogP contribution < -0.4 is 5.32 Å². The monoisotopic (exact) mass is 212 g/mol. The van der Waals surface area contributed by atoms with Crippen LogP contribution in [-0.4, -0.2) is 36.1 Å². The van der Waals surface area contributed by atoms with E-state index in [4.69, 9.17) is 0 Å². The molecule has 1 aliphatic heterocycles. The van der Waals surface area contributed by atoms with Gasteiger partial charge in [0.15, 0.2) is 0 Å². The van der Waals surface area contributed by atoms with Gasteiger partial charge in [0.1, 0.15) is 0 Å². The van der Waals surface area contributed by atoms with E-state index in [1.807, 2.05) is 0 Å². The van der Waals surface area contributed by atoms with Gasteiger partial charge in [-0.25, -0.2) is 0 Å². The SMILES string of the molecule is CCCC1(CN(CC)C(C)C)CCCN1. The molecule has 2 heteroatoms. The van der Waals surface area contributed by atoms with Crippen molar-refractivity contribution in [3.05, 3.63) is 0 Å². The fourth-order valence-corrected chi connectivity index (χ4v) is 2.82. The van der Waals surface area contributed by atoms with Gasteiger partial charge in [0, 0.05) is 18.1 Å². The van der Waals surface area contributed by atoms with Gasteiger partial charge in [-0.15, -0.1) is 0 Å². The maximum absolute atomic E-state index is 3.75. The predicted octanol–water partition coefficient (Wildman–Crippen LogP) is 2.64. The minimum atomic E-state index is 0.426. The molecule has 1 heterocycles. The molecule has 1 unspecified atom stereocenters. The second-order valence-electron chi connectivity index (χ2n) is 5.22. The molecule has 1 aliphatic rings. The molecule has 0 aromatic carbocycles. The van der Waals surface area contributed by atoms with Crippen LogP contribution in [0.2, 0.25) is 0 Å². The molecule has 1 atom stereocenters. The number of nitrogens with one attached hydrogen (secondary N) is 1. The van der Waals surface area contributed by atoms with Crippen LogP contribution in [0.25, 0.3) is 0 Å². The summed E-state index contributed by atoms with van der Waals surface area (Å²) >= 11 is 0. The van der Waals surface area contributed by atoms with Crippen LogP contribution in [0.3, 0.4) is 0 Å². The normalized spacial score (nSPS) is 26.8. The number of hydrogen-bond acceptors (Lipinski definition) is 2. The van der Waals surface area contributed by atoms with E-state index < -0.39 is 0 Å². The third-order valence-electron chi connectivity index (χ3n) is 3.70. The van der Waals surface area contributed by atoms with E-state index in [-0.39, 0.29) is 0 Å². The van der Waals surface area contributed by atoms with Gasteiger partial charge in [-0.2, -0.15) is 0 Å². The lowest BCUT2D eigenvalue weighted by Crippen LogP contribution is -2.51. The van der Waals surface area contributed by atoms with Gasteiger partial charge in [-0.05, 0) is 46.2 Å². The number of nitrogens with zero attached hydrogens (tertiary/aromatic N) is 1. The van der Waals surface area contributed by atoms with Crippen molar-refractivity contribution >= 4 is 0 Å². The molecule has 0 spiro atoms. The van der Waals surface area contributed by atoms with Gasteiger partial charge >= 0.3 is 0 Å². The van der Waals surface area contributed by atoms with Gasteiger partial charge < -0.3 is 5.32 Å². The maximum Gasteiger partial charge on any atom is 0.0309 e. The predicted molar refractivity (Wildman–Crippen MR) is 67.3 cm³/mol. The Morgan fingerprint density at radius 1 is 1.33 bits per heavy atom. The Balaban J connectivity index is 2.56. The van der Waals surface area contributed by atoms with Crippen LogP contribution in [0.4, 0.5) is 0 Å². The van der Waals surface area contributed by atoms with Crippen LogP contribution in [0.1, 0.15) is 53.4 Å². The topological polar surface area (TPSA) is 15.3 Å². The van der Waals surface area contributed by atoms with Crippen molar-refractivity contribution in [2.24, 2.45) is 0 Å². The molecule has 2 nitrogen and oxygen atoms in total. The summed E-state index contributed by atoms with van der Waals surface area (Å²) in [7, 11) is 0. The average Bonchev–Trinajstić information content (AvgIpc) is 2.63. The molecule has 90 valence electrons. The van der Waals surface area contributed by atoms with Crippen molar-refractivity contribution in [2.75, 3.05) is 19.6 Å². The van der Waals surface area contributed by atoms with E-state index >= 15 is 0 Å². The highest BCUT2D eigenvalue weighted by atomic mass is 15.2. The second kappa shape index (κ2) is 5.86. The molecule has 1 saturated heterocycles. The van der Waals surface area contributed by atoms with E-state index in [2.05, 4.69) is 37.9 Å². The molecule has 0 aromatic heterocycles. The van der Waals surface area contributed by atoms with Crippen molar-refractivity contribution in [1.29, 1.82) is 0 Å². The molecule has 0 radical (unpaired) electrons. The van der Waals surface area contributed by atoms with Crippen molar-refractivity contribution in [3.63, 3.8) is 0 Å². The summed E-state index contributed by atoms with van der Waals surface area (Å²) in [5.74, 6) is 0. The largest absolute Gasteiger partial charge is 0.310 e. The summed E-state index contributed by atoms with van der Waals surface area (Å²) in [5, 5.41) is 3.75. The Hall–Kier alpha value is -0.0800. The Kier molecular flexibility index (Phi) is 5.07. The molecule has 15 heavy (non-hydrogen) atoms. The smallest absolute Gasteiger partial charge is 0.0309 e. The fraction of sp³-hybridized carbons (Fsp3) is 1.00. The van der Waals surface area contributed by atoms with E-state index in [0.29, 0.717) is 11.6 Å².